The molecule has 2 fully saturated rings. The smallest absolute Gasteiger partial charge is 0.317 e. The highest BCUT2D eigenvalue weighted by Crippen LogP contribution is 2.28. The second-order valence-electron chi connectivity index (χ2n) is 10.8. The van der Waals surface area contributed by atoms with E-state index in [4.69, 9.17) is 0 Å². The number of anilines is 1. The second kappa shape index (κ2) is 14.1. The van der Waals surface area contributed by atoms with Gasteiger partial charge in [0, 0.05) is 43.2 Å². The summed E-state index contributed by atoms with van der Waals surface area (Å²) in [6, 6.07) is 12.3. The first-order chi connectivity index (χ1) is 19.7. The molecule has 2 aromatic rings. The molecule has 2 unspecified atom stereocenters. The van der Waals surface area contributed by atoms with Crippen LogP contribution in [-0.4, -0.2) is 70.6 Å². The number of aliphatic hydroxyl groups is 1. The normalized spacial score (nSPS) is 17.1. The van der Waals surface area contributed by atoms with E-state index in [2.05, 4.69) is 10.6 Å². The monoisotopic (exact) mass is 565 g/mol. The van der Waals surface area contributed by atoms with Crippen molar-refractivity contribution >= 4 is 29.2 Å². The Morgan fingerprint density at radius 2 is 1.85 bits per heavy atom. The van der Waals surface area contributed by atoms with Crippen LogP contribution in [0, 0.1) is 10.1 Å². The van der Waals surface area contributed by atoms with Crippen molar-refractivity contribution in [1.82, 2.24) is 15.5 Å². The number of urea groups is 1. The number of hydrogen-bond acceptors (Lipinski definition) is 6. The van der Waals surface area contributed by atoms with Gasteiger partial charge < -0.3 is 25.5 Å². The first kappa shape index (κ1) is 30.0. The second-order valence-corrected chi connectivity index (χ2v) is 10.8. The number of rotatable bonds is 11. The molecule has 0 aromatic heterocycles. The van der Waals surface area contributed by atoms with Gasteiger partial charge in [0.15, 0.2) is 0 Å². The molecule has 3 N–H and O–H groups in total. The number of aliphatic hydroxyl groups excluding tert-OH is 1. The zero-order valence-electron chi connectivity index (χ0n) is 23.5. The molecule has 4 amide bonds. The molecule has 0 spiro atoms. The number of nitrogens with zero attached hydrogens (tertiary/aromatic N) is 3. The maximum Gasteiger partial charge on any atom is 0.317 e. The molecule has 1 saturated heterocycles. The van der Waals surface area contributed by atoms with Gasteiger partial charge in [0.05, 0.1) is 29.3 Å². The van der Waals surface area contributed by atoms with E-state index in [1.165, 1.54) is 34.4 Å². The number of hydrogen-bond donors (Lipinski definition) is 3. The summed E-state index contributed by atoms with van der Waals surface area (Å²) < 4.78 is 0. The lowest BCUT2D eigenvalue weighted by atomic mass is 9.96. The minimum absolute atomic E-state index is 0.00466. The van der Waals surface area contributed by atoms with Crippen LogP contribution in [0.3, 0.4) is 0 Å². The highest BCUT2D eigenvalue weighted by molar-refractivity contribution is 6.00. The van der Waals surface area contributed by atoms with E-state index in [1.54, 1.807) is 0 Å². The Morgan fingerprint density at radius 3 is 2.49 bits per heavy atom. The Hall–Kier alpha value is -3.99. The van der Waals surface area contributed by atoms with E-state index < -0.39 is 23.0 Å². The summed E-state index contributed by atoms with van der Waals surface area (Å²) in [5, 5.41) is 28.9. The molecule has 11 nitrogen and oxygen atoms in total. The van der Waals surface area contributed by atoms with Crippen molar-refractivity contribution in [1.29, 1.82) is 0 Å². The van der Waals surface area contributed by atoms with Crippen molar-refractivity contribution in [2.45, 2.75) is 76.5 Å². The number of non-ortho nitro benzene ring substituents is 1. The quantitative estimate of drug-likeness (QED) is 0.279. The summed E-state index contributed by atoms with van der Waals surface area (Å²) in [5.41, 5.74) is 0.878. The Bertz CT molecular complexity index is 1230. The standard InChI is InChI=1S/C30H39N5O6/c1-2-33(30(39)31-23-12-7-4-8-13-23)20-27(36)26(16-21-10-5-3-6-11-21)32-29(38)22-17-24(19-25(18-22)35(40)41)34-15-9-14-28(34)37/h3,5-6,10-11,17-19,23,26-27,36H,2,4,7-9,12-16,20H2,1H3,(H,31,39)(H,32,38). The molecule has 1 saturated carbocycles. The van der Waals surface area contributed by atoms with Crippen LogP contribution in [-0.2, 0) is 11.2 Å². The van der Waals surface area contributed by atoms with Gasteiger partial charge in [-0.15, -0.1) is 0 Å². The Kier molecular flexibility index (Phi) is 10.3. The summed E-state index contributed by atoms with van der Waals surface area (Å²) in [6.07, 6.45) is 5.35. The molecule has 11 heteroatoms. The molecular formula is C30H39N5O6. The van der Waals surface area contributed by atoms with E-state index in [9.17, 15) is 29.6 Å². The predicted molar refractivity (Wildman–Crippen MR) is 155 cm³/mol. The fourth-order valence-corrected chi connectivity index (χ4v) is 5.53. The molecule has 1 heterocycles. The van der Waals surface area contributed by atoms with Gasteiger partial charge in [-0.3, -0.25) is 19.7 Å². The number of carbonyl (C=O) groups excluding carboxylic acids is 3. The van der Waals surface area contributed by atoms with E-state index in [1.807, 2.05) is 37.3 Å². The van der Waals surface area contributed by atoms with Crippen molar-refractivity contribution in [3.63, 3.8) is 0 Å². The van der Waals surface area contributed by atoms with E-state index >= 15 is 0 Å². The van der Waals surface area contributed by atoms with Gasteiger partial charge in [-0.05, 0) is 44.2 Å². The highest BCUT2D eigenvalue weighted by Gasteiger charge is 2.29. The molecule has 1 aliphatic carbocycles. The van der Waals surface area contributed by atoms with Crippen molar-refractivity contribution in [3.05, 3.63) is 69.8 Å². The number of nitro benzene ring substituents is 1. The number of nitrogens with one attached hydrogen (secondary N) is 2. The van der Waals surface area contributed by atoms with E-state index in [-0.39, 0.29) is 42.2 Å². The Morgan fingerprint density at radius 1 is 1.12 bits per heavy atom. The van der Waals surface area contributed by atoms with Crippen molar-refractivity contribution in [2.24, 2.45) is 0 Å². The lowest BCUT2D eigenvalue weighted by molar-refractivity contribution is -0.384. The van der Waals surface area contributed by atoms with Crippen molar-refractivity contribution < 1.29 is 24.4 Å². The van der Waals surface area contributed by atoms with Crippen LogP contribution in [0.15, 0.2) is 48.5 Å². The average Bonchev–Trinajstić information content (AvgIpc) is 3.41. The van der Waals surface area contributed by atoms with Crippen LogP contribution in [0.2, 0.25) is 0 Å². The maximum absolute atomic E-state index is 13.5. The molecule has 0 bridgehead atoms. The van der Waals surface area contributed by atoms with Crippen LogP contribution < -0.4 is 15.5 Å². The lowest BCUT2D eigenvalue weighted by Crippen LogP contribution is -2.53. The highest BCUT2D eigenvalue weighted by atomic mass is 16.6. The lowest BCUT2D eigenvalue weighted by Gasteiger charge is -2.32. The average molecular weight is 566 g/mol. The third kappa shape index (κ3) is 8.03. The third-order valence-electron chi connectivity index (χ3n) is 7.85. The number of carbonyl (C=O) groups is 3. The largest absolute Gasteiger partial charge is 0.389 e. The zero-order valence-corrected chi connectivity index (χ0v) is 23.5. The fourth-order valence-electron chi connectivity index (χ4n) is 5.53. The van der Waals surface area contributed by atoms with Crippen molar-refractivity contribution in [3.8, 4) is 0 Å². The molecule has 2 aliphatic rings. The summed E-state index contributed by atoms with van der Waals surface area (Å²) in [7, 11) is 0. The van der Waals surface area contributed by atoms with Gasteiger partial charge in [-0.1, -0.05) is 49.6 Å². The number of nitro groups is 1. The molecule has 2 aromatic carbocycles. The summed E-state index contributed by atoms with van der Waals surface area (Å²) in [5.74, 6) is -0.767. The maximum atomic E-state index is 13.5. The summed E-state index contributed by atoms with van der Waals surface area (Å²) in [6.45, 7) is 2.63. The molecular weight excluding hydrogens is 526 g/mol. The SMILES string of the molecule is CCN(CC(O)C(Cc1ccccc1)NC(=O)c1cc(N2CCCC2=O)cc([N+](=O)[O-])c1)C(=O)NC1CCCCC1. The fraction of sp³-hybridized carbons (Fsp3) is 0.500. The van der Waals surface area contributed by atoms with Gasteiger partial charge in [0.2, 0.25) is 5.91 Å². The van der Waals surface area contributed by atoms with Crippen LogP contribution in [0.25, 0.3) is 0 Å². The van der Waals surface area contributed by atoms with E-state index in [0.717, 1.165) is 31.2 Å². The van der Waals surface area contributed by atoms with Crippen LogP contribution in [0.1, 0.15) is 67.8 Å². The minimum atomic E-state index is -1.12. The molecule has 4 rings (SSSR count). The first-order valence-corrected chi connectivity index (χ1v) is 14.4. The van der Waals surface area contributed by atoms with Gasteiger partial charge in [0.1, 0.15) is 0 Å². The molecule has 41 heavy (non-hydrogen) atoms. The predicted octanol–water partition coefficient (Wildman–Crippen LogP) is 3.79. The van der Waals surface area contributed by atoms with Gasteiger partial charge >= 0.3 is 6.03 Å². The summed E-state index contributed by atoms with van der Waals surface area (Å²) in [4.78, 5) is 52.8. The molecule has 1 aliphatic heterocycles. The first-order valence-electron chi connectivity index (χ1n) is 14.4. The third-order valence-corrected chi connectivity index (χ3v) is 7.85. The summed E-state index contributed by atoms with van der Waals surface area (Å²) >= 11 is 0. The van der Waals surface area contributed by atoms with E-state index in [0.29, 0.717) is 31.6 Å². The molecule has 0 radical (unpaired) electrons. The number of amides is 4. The topological polar surface area (TPSA) is 145 Å². The van der Waals surface area contributed by atoms with Gasteiger partial charge in [0.25, 0.3) is 11.6 Å². The van der Waals surface area contributed by atoms with Crippen LogP contribution in [0.5, 0.6) is 0 Å². The molecule has 220 valence electrons. The minimum Gasteiger partial charge on any atom is -0.389 e. The number of likely N-dealkylation sites (N-methyl/N-ethyl adjacent to an activating group) is 1. The van der Waals surface area contributed by atoms with Crippen LogP contribution in [0.4, 0.5) is 16.2 Å². The van der Waals surface area contributed by atoms with Crippen molar-refractivity contribution in [2.75, 3.05) is 24.5 Å². The Labute approximate surface area is 240 Å². The zero-order chi connectivity index (χ0) is 29.4. The van der Waals surface area contributed by atoms with Crippen LogP contribution >= 0.6 is 0 Å². The molecule has 2 atom stereocenters. The van der Waals surface area contributed by atoms with Gasteiger partial charge in [-0.2, -0.15) is 0 Å². The number of benzene rings is 2. The Balaban J connectivity index is 1.53. The van der Waals surface area contributed by atoms with Gasteiger partial charge in [-0.25, -0.2) is 4.79 Å².